The Morgan fingerprint density at radius 3 is 2.76 bits per heavy atom. The first-order valence-electron chi connectivity index (χ1n) is 5.78. The van der Waals surface area contributed by atoms with Gasteiger partial charge in [-0.05, 0) is 30.5 Å². The van der Waals surface area contributed by atoms with Gasteiger partial charge in [-0.3, -0.25) is 4.79 Å². The van der Waals surface area contributed by atoms with Crippen LogP contribution in [0.15, 0.2) is 18.2 Å². The summed E-state index contributed by atoms with van der Waals surface area (Å²) in [5.41, 5.74) is 0.605. The molecule has 1 aliphatic rings. The maximum atomic E-state index is 13.4. The summed E-state index contributed by atoms with van der Waals surface area (Å²) in [4.78, 5) is 13.6. The molecule has 0 aromatic heterocycles. The highest BCUT2D eigenvalue weighted by molar-refractivity contribution is 6.30. The van der Waals surface area contributed by atoms with Gasteiger partial charge in [0.05, 0.1) is 5.02 Å². The first kappa shape index (κ1) is 12.4. The standard InChI is InChI=1S/C13H15ClFNO/c1-8(2)12-5-6-13(17)16(12)9-3-4-10(14)11(15)7-9/h3-4,7-8,12H,5-6H2,1-2H3. The van der Waals surface area contributed by atoms with E-state index in [1.54, 1.807) is 11.0 Å². The molecule has 0 aliphatic carbocycles. The third-order valence-electron chi connectivity index (χ3n) is 3.21. The number of carbonyl (C=O) groups excluding carboxylic acids is 1. The number of carbonyl (C=O) groups is 1. The van der Waals surface area contributed by atoms with Crippen LogP contribution in [-0.4, -0.2) is 11.9 Å². The van der Waals surface area contributed by atoms with Crippen LogP contribution in [-0.2, 0) is 4.79 Å². The lowest BCUT2D eigenvalue weighted by Crippen LogP contribution is -2.36. The fraction of sp³-hybridized carbons (Fsp3) is 0.462. The van der Waals surface area contributed by atoms with Gasteiger partial charge < -0.3 is 4.90 Å². The molecule has 1 saturated heterocycles. The lowest BCUT2D eigenvalue weighted by Gasteiger charge is -2.28. The SMILES string of the molecule is CC(C)C1CCC(=O)N1c1ccc(Cl)c(F)c1. The Hall–Kier alpha value is -1.09. The Bertz CT molecular complexity index is 447. The van der Waals surface area contributed by atoms with Crippen LogP contribution in [0.3, 0.4) is 0 Å². The van der Waals surface area contributed by atoms with Gasteiger partial charge in [0.25, 0.3) is 0 Å². The largest absolute Gasteiger partial charge is 0.309 e. The zero-order chi connectivity index (χ0) is 12.6. The van der Waals surface area contributed by atoms with Gasteiger partial charge in [-0.2, -0.15) is 0 Å². The summed E-state index contributed by atoms with van der Waals surface area (Å²) < 4.78 is 13.4. The van der Waals surface area contributed by atoms with Crippen molar-refractivity contribution in [3.05, 3.63) is 29.0 Å². The van der Waals surface area contributed by atoms with Crippen LogP contribution in [0.2, 0.25) is 5.02 Å². The third-order valence-corrected chi connectivity index (χ3v) is 3.51. The van der Waals surface area contributed by atoms with Crippen molar-refractivity contribution < 1.29 is 9.18 Å². The maximum absolute atomic E-state index is 13.4. The molecular formula is C13H15ClFNO. The van der Waals surface area contributed by atoms with Gasteiger partial charge in [0.15, 0.2) is 0 Å². The fourth-order valence-electron chi connectivity index (χ4n) is 2.31. The number of benzene rings is 1. The minimum atomic E-state index is -0.480. The normalized spacial score (nSPS) is 20.4. The molecule has 2 nitrogen and oxygen atoms in total. The molecule has 1 amide bonds. The van der Waals surface area contributed by atoms with E-state index in [2.05, 4.69) is 13.8 Å². The number of rotatable bonds is 2. The molecule has 0 radical (unpaired) electrons. The van der Waals surface area contributed by atoms with E-state index in [4.69, 9.17) is 11.6 Å². The predicted molar refractivity (Wildman–Crippen MR) is 66.8 cm³/mol. The first-order valence-corrected chi connectivity index (χ1v) is 6.15. The van der Waals surface area contributed by atoms with Crippen LogP contribution in [0.4, 0.5) is 10.1 Å². The number of hydrogen-bond donors (Lipinski definition) is 0. The van der Waals surface area contributed by atoms with Gasteiger partial charge in [0, 0.05) is 18.2 Å². The molecule has 0 bridgehead atoms. The van der Waals surface area contributed by atoms with Gasteiger partial charge in [-0.15, -0.1) is 0 Å². The van der Waals surface area contributed by atoms with Gasteiger partial charge in [-0.1, -0.05) is 25.4 Å². The third kappa shape index (κ3) is 2.29. The van der Waals surface area contributed by atoms with E-state index in [1.807, 2.05) is 0 Å². The zero-order valence-electron chi connectivity index (χ0n) is 9.91. The van der Waals surface area contributed by atoms with Gasteiger partial charge >= 0.3 is 0 Å². The van der Waals surface area contributed by atoms with Crippen molar-refractivity contribution in [2.75, 3.05) is 4.90 Å². The Labute approximate surface area is 105 Å². The number of hydrogen-bond acceptors (Lipinski definition) is 1. The van der Waals surface area contributed by atoms with E-state index in [9.17, 15) is 9.18 Å². The number of halogens is 2. The molecule has 1 fully saturated rings. The summed E-state index contributed by atoms with van der Waals surface area (Å²) in [6, 6.07) is 4.68. The smallest absolute Gasteiger partial charge is 0.227 e. The second-order valence-electron chi connectivity index (χ2n) is 4.71. The lowest BCUT2D eigenvalue weighted by atomic mass is 10.0. The van der Waals surface area contributed by atoms with Crippen molar-refractivity contribution in [3.63, 3.8) is 0 Å². The van der Waals surface area contributed by atoms with Crippen LogP contribution < -0.4 is 4.90 Å². The average Bonchev–Trinajstić information content (AvgIpc) is 2.64. The molecule has 1 heterocycles. The van der Waals surface area contributed by atoms with Crippen molar-refractivity contribution in [2.24, 2.45) is 5.92 Å². The van der Waals surface area contributed by atoms with Gasteiger partial charge in [0.1, 0.15) is 5.82 Å². The molecule has 0 saturated carbocycles. The minimum absolute atomic E-state index is 0.0606. The molecule has 17 heavy (non-hydrogen) atoms. The second kappa shape index (κ2) is 4.65. The van der Waals surface area contributed by atoms with Crippen LogP contribution in [0, 0.1) is 11.7 Å². The highest BCUT2D eigenvalue weighted by Crippen LogP contribution is 2.32. The van der Waals surface area contributed by atoms with Crippen LogP contribution in [0.25, 0.3) is 0 Å². The van der Waals surface area contributed by atoms with Crippen LogP contribution in [0.1, 0.15) is 26.7 Å². The molecule has 2 rings (SSSR count). The molecule has 0 spiro atoms. The first-order chi connectivity index (χ1) is 8.00. The van der Waals surface area contributed by atoms with E-state index in [1.165, 1.54) is 12.1 Å². The molecule has 1 aromatic carbocycles. The Balaban J connectivity index is 2.36. The highest BCUT2D eigenvalue weighted by atomic mass is 35.5. The molecule has 1 atom stereocenters. The maximum Gasteiger partial charge on any atom is 0.227 e. The summed E-state index contributed by atoms with van der Waals surface area (Å²) >= 11 is 5.64. The Morgan fingerprint density at radius 1 is 1.47 bits per heavy atom. The Kier molecular flexibility index (Phi) is 3.38. The number of nitrogens with zero attached hydrogens (tertiary/aromatic N) is 1. The van der Waals surface area contributed by atoms with E-state index in [-0.39, 0.29) is 17.0 Å². The predicted octanol–water partition coefficient (Wildman–Crippen LogP) is 3.63. The van der Waals surface area contributed by atoms with E-state index in [0.29, 0.717) is 18.0 Å². The monoisotopic (exact) mass is 255 g/mol. The van der Waals surface area contributed by atoms with Crippen LogP contribution >= 0.6 is 11.6 Å². The van der Waals surface area contributed by atoms with Gasteiger partial charge in [-0.25, -0.2) is 4.39 Å². The molecule has 0 N–H and O–H groups in total. The number of amides is 1. The second-order valence-corrected chi connectivity index (χ2v) is 5.12. The molecular weight excluding hydrogens is 241 g/mol. The quantitative estimate of drug-likeness (QED) is 0.790. The van der Waals surface area contributed by atoms with Crippen molar-refractivity contribution in [2.45, 2.75) is 32.7 Å². The highest BCUT2D eigenvalue weighted by Gasteiger charge is 2.34. The van der Waals surface area contributed by atoms with E-state index < -0.39 is 5.82 Å². The summed E-state index contributed by atoms with van der Waals surface area (Å²) in [6.07, 6.45) is 1.37. The van der Waals surface area contributed by atoms with E-state index >= 15 is 0 Å². The molecule has 92 valence electrons. The Morgan fingerprint density at radius 2 is 2.18 bits per heavy atom. The average molecular weight is 256 g/mol. The topological polar surface area (TPSA) is 20.3 Å². The lowest BCUT2D eigenvalue weighted by molar-refractivity contribution is -0.117. The minimum Gasteiger partial charge on any atom is -0.309 e. The summed E-state index contributed by atoms with van der Waals surface area (Å²) in [7, 11) is 0. The molecule has 1 unspecified atom stereocenters. The van der Waals surface area contributed by atoms with E-state index in [0.717, 1.165) is 6.42 Å². The van der Waals surface area contributed by atoms with Gasteiger partial charge in [0.2, 0.25) is 5.91 Å². The summed E-state index contributed by atoms with van der Waals surface area (Å²) in [6.45, 7) is 4.14. The summed E-state index contributed by atoms with van der Waals surface area (Å²) in [5, 5.41) is 0.0847. The van der Waals surface area contributed by atoms with Crippen molar-refractivity contribution >= 4 is 23.2 Å². The summed E-state index contributed by atoms with van der Waals surface area (Å²) in [5.74, 6) is -0.0583. The molecule has 1 aliphatic heterocycles. The van der Waals surface area contributed by atoms with Crippen molar-refractivity contribution in [1.29, 1.82) is 0 Å². The zero-order valence-corrected chi connectivity index (χ0v) is 10.7. The van der Waals surface area contributed by atoms with Crippen LogP contribution in [0.5, 0.6) is 0 Å². The number of anilines is 1. The van der Waals surface area contributed by atoms with Crippen molar-refractivity contribution in [3.8, 4) is 0 Å². The fourth-order valence-corrected chi connectivity index (χ4v) is 2.43. The molecule has 4 heteroatoms. The van der Waals surface area contributed by atoms with Crippen molar-refractivity contribution in [1.82, 2.24) is 0 Å². The molecule has 1 aromatic rings.